The number of nitrogens with one attached hydrogen (secondary N) is 2. The van der Waals surface area contributed by atoms with Gasteiger partial charge >= 0.3 is 0 Å². The van der Waals surface area contributed by atoms with Crippen LogP contribution in [0.4, 0.5) is 0 Å². The molecule has 28 heavy (non-hydrogen) atoms. The average molecular weight is 559 g/mol. The van der Waals surface area contributed by atoms with E-state index in [1.807, 2.05) is 12.3 Å². The second-order valence-electron chi connectivity index (χ2n) is 7.05. The number of nitrogens with zero attached hydrogens (tertiary/aromatic N) is 2. The van der Waals surface area contributed by atoms with Crippen molar-refractivity contribution in [3.05, 3.63) is 69.1 Å². The average Bonchev–Trinajstić information content (AvgIpc) is 3.46. The monoisotopic (exact) mass is 558 g/mol. The zero-order valence-corrected chi connectivity index (χ0v) is 20.1. The van der Waals surface area contributed by atoms with Gasteiger partial charge < -0.3 is 15.2 Å². The van der Waals surface area contributed by atoms with E-state index in [1.54, 1.807) is 23.7 Å². The maximum Gasteiger partial charge on any atom is 0.250 e. The molecule has 0 amide bonds. The minimum Gasteiger partial charge on any atom is -0.356 e. The number of hydrogen-bond donors (Lipinski definition) is 2. The molecule has 1 fully saturated rings. The van der Waals surface area contributed by atoms with Gasteiger partial charge in [-0.05, 0) is 43.4 Å². The minimum absolute atomic E-state index is 0. The van der Waals surface area contributed by atoms with Crippen molar-refractivity contribution in [2.24, 2.45) is 4.99 Å². The van der Waals surface area contributed by atoms with Crippen LogP contribution in [0.15, 0.2) is 62.9 Å². The second kappa shape index (κ2) is 11.0. The SMILES string of the molecule is CN=C(NCCCCn1ccccc1=O)NCC1(c2ccccc2Br)CC1.I. The summed E-state index contributed by atoms with van der Waals surface area (Å²) in [5.74, 6) is 0.838. The molecule has 0 radical (unpaired) electrons. The largest absolute Gasteiger partial charge is 0.356 e. The van der Waals surface area contributed by atoms with E-state index in [1.165, 1.54) is 22.9 Å². The number of halogens is 2. The number of rotatable bonds is 8. The summed E-state index contributed by atoms with van der Waals surface area (Å²) in [5.41, 5.74) is 1.65. The number of benzene rings is 1. The summed E-state index contributed by atoms with van der Waals surface area (Å²) < 4.78 is 2.94. The molecule has 2 aromatic rings. The van der Waals surface area contributed by atoms with Crippen LogP contribution in [-0.2, 0) is 12.0 Å². The van der Waals surface area contributed by atoms with Crippen LogP contribution in [0, 0.1) is 0 Å². The molecule has 7 heteroatoms. The lowest BCUT2D eigenvalue weighted by Crippen LogP contribution is -2.41. The van der Waals surface area contributed by atoms with Crippen LogP contribution >= 0.6 is 39.9 Å². The molecule has 1 aliphatic carbocycles. The Bertz CT molecular complexity index is 848. The van der Waals surface area contributed by atoms with Crippen LogP contribution in [-0.4, -0.2) is 30.7 Å². The molecule has 1 heterocycles. The van der Waals surface area contributed by atoms with Gasteiger partial charge in [-0.25, -0.2) is 0 Å². The highest BCUT2D eigenvalue weighted by atomic mass is 127. The maximum atomic E-state index is 11.7. The quantitative estimate of drug-likeness (QED) is 0.223. The van der Waals surface area contributed by atoms with Gasteiger partial charge in [0.05, 0.1) is 0 Å². The van der Waals surface area contributed by atoms with Gasteiger partial charge in [0, 0.05) is 48.8 Å². The first-order valence-corrected chi connectivity index (χ1v) is 10.3. The van der Waals surface area contributed by atoms with Gasteiger partial charge in [0.25, 0.3) is 0 Å². The van der Waals surface area contributed by atoms with Gasteiger partial charge in [-0.3, -0.25) is 9.79 Å². The van der Waals surface area contributed by atoms with Crippen LogP contribution in [0.1, 0.15) is 31.2 Å². The second-order valence-corrected chi connectivity index (χ2v) is 7.91. The molecule has 0 atom stereocenters. The van der Waals surface area contributed by atoms with Crippen LogP contribution < -0.4 is 16.2 Å². The molecule has 2 N–H and O–H groups in total. The summed E-state index contributed by atoms with van der Waals surface area (Å²) in [4.78, 5) is 16.0. The third-order valence-electron chi connectivity index (χ3n) is 5.13. The number of aliphatic imine (C=N–C) groups is 1. The Labute approximate surface area is 192 Å². The molecule has 3 rings (SSSR count). The van der Waals surface area contributed by atoms with Crippen molar-refractivity contribution in [1.82, 2.24) is 15.2 Å². The van der Waals surface area contributed by atoms with Gasteiger partial charge in [0.2, 0.25) is 5.56 Å². The number of unbranched alkanes of at least 4 members (excludes halogenated alkanes) is 1. The number of pyridine rings is 1. The van der Waals surface area contributed by atoms with E-state index in [4.69, 9.17) is 0 Å². The predicted octanol–water partition coefficient (Wildman–Crippen LogP) is 3.91. The Kier molecular flexibility index (Phi) is 9.01. The van der Waals surface area contributed by atoms with E-state index in [2.05, 4.69) is 55.8 Å². The van der Waals surface area contributed by atoms with Crippen molar-refractivity contribution in [2.45, 2.75) is 37.6 Å². The first kappa shape index (κ1) is 22.9. The van der Waals surface area contributed by atoms with Crippen molar-refractivity contribution in [3.63, 3.8) is 0 Å². The molecule has 152 valence electrons. The van der Waals surface area contributed by atoms with Gasteiger partial charge in [0.1, 0.15) is 0 Å². The molecule has 1 aromatic heterocycles. The fraction of sp³-hybridized carbons (Fsp3) is 0.429. The highest BCUT2D eigenvalue weighted by Gasteiger charge is 2.45. The van der Waals surface area contributed by atoms with Gasteiger partial charge in [-0.2, -0.15) is 0 Å². The highest BCUT2D eigenvalue weighted by molar-refractivity contribution is 14.0. The molecule has 0 spiro atoms. The topological polar surface area (TPSA) is 58.4 Å². The third-order valence-corrected chi connectivity index (χ3v) is 5.83. The van der Waals surface area contributed by atoms with E-state index < -0.39 is 0 Å². The Balaban J connectivity index is 0.00000280. The van der Waals surface area contributed by atoms with Crippen molar-refractivity contribution in [3.8, 4) is 0 Å². The normalized spacial score (nSPS) is 14.9. The van der Waals surface area contributed by atoms with Crippen LogP contribution in [0.2, 0.25) is 0 Å². The van der Waals surface area contributed by atoms with Crippen LogP contribution in [0.5, 0.6) is 0 Å². The third kappa shape index (κ3) is 6.07. The number of aromatic nitrogens is 1. The van der Waals surface area contributed by atoms with Crippen molar-refractivity contribution in [2.75, 3.05) is 20.1 Å². The van der Waals surface area contributed by atoms with E-state index in [0.29, 0.717) is 0 Å². The fourth-order valence-corrected chi connectivity index (χ4v) is 4.02. The summed E-state index contributed by atoms with van der Waals surface area (Å²) in [7, 11) is 1.80. The van der Waals surface area contributed by atoms with Gasteiger partial charge in [-0.15, -0.1) is 24.0 Å². The summed E-state index contributed by atoms with van der Waals surface area (Å²) in [5, 5.41) is 6.85. The predicted molar refractivity (Wildman–Crippen MR) is 130 cm³/mol. The number of hydrogen-bond acceptors (Lipinski definition) is 2. The fourth-order valence-electron chi connectivity index (χ4n) is 3.32. The maximum absolute atomic E-state index is 11.7. The van der Waals surface area contributed by atoms with Crippen molar-refractivity contribution in [1.29, 1.82) is 0 Å². The lowest BCUT2D eigenvalue weighted by Gasteiger charge is -2.20. The van der Waals surface area contributed by atoms with E-state index in [-0.39, 0.29) is 35.0 Å². The number of aryl methyl sites for hydroxylation is 1. The molecule has 0 saturated heterocycles. The summed E-state index contributed by atoms with van der Waals surface area (Å²) in [6, 6.07) is 13.7. The first-order valence-electron chi connectivity index (χ1n) is 9.50. The molecule has 1 saturated carbocycles. The molecule has 1 aromatic carbocycles. The Morgan fingerprint density at radius 2 is 1.89 bits per heavy atom. The van der Waals surface area contributed by atoms with E-state index in [9.17, 15) is 4.79 Å². The van der Waals surface area contributed by atoms with Crippen molar-refractivity contribution >= 4 is 45.9 Å². The summed E-state index contributed by atoms with van der Waals surface area (Å²) in [6.07, 6.45) is 6.18. The molecular formula is C21H28BrIN4O. The Morgan fingerprint density at radius 3 is 2.57 bits per heavy atom. The summed E-state index contributed by atoms with van der Waals surface area (Å²) in [6.45, 7) is 2.47. The van der Waals surface area contributed by atoms with Crippen LogP contribution in [0.3, 0.4) is 0 Å². The zero-order chi connectivity index (χ0) is 19.1. The molecular weight excluding hydrogens is 531 g/mol. The molecule has 0 bridgehead atoms. The molecule has 0 aliphatic heterocycles. The smallest absolute Gasteiger partial charge is 0.250 e. The van der Waals surface area contributed by atoms with Gasteiger partial charge in [0.15, 0.2) is 5.96 Å². The lowest BCUT2D eigenvalue weighted by atomic mass is 9.96. The molecule has 0 unspecified atom stereocenters. The number of guanidine groups is 1. The minimum atomic E-state index is 0. The molecule has 1 aliphatic rings. The summed E-state index contributed by atoms with van der Waals surface area (Å²) >= 11 is 3.68. The van der Waals surface area contributed by atoms with Crippen molar-refractivity contribution < 1.29 is 0 Å². The van der Waals surface area contributed by atoms with Crippen LogP contribution in [0.25, 0.3) is 0 Å². The van der Waals surface area contributed by atoms with E-state index in [0.717, 1.165) is 38.4 Å². The Hall–Kier alpha value is -1.35. The first-order chi connectivity index (χ1) is 13.1. The standard InChI is InChI=1S/C21H27BrN4O.HI/c1-23-20(24-13-5-7-15-26-14-6-4-10-19(26)27)25-16-21(11-12-21)17-8-2-3-9-18(17)22;/h2-4,6,8-10,14H,5,7,11-13,15-16H2,1H3,(H2,23,24,25);1H. The Morgan fingerprint density at radius 1 is 1.14 bits per heavy atom. The molecule has 5 nitrogen and oxygen atoms in total. The van der Waals surface area contributed by atoms with E-state index >= 15 is 0 Å². The lowest BCUT2D eigenvalue weighted by molar-refractivity contribution is 0.582. The highest BCUT2D eigenvalue weighted by Crippen LogP contribution is 2.49. The zero-order valence-electron chi connectivity index (χ0n) is 16.2. The van der Waals surface area contributed by atoms with Gasteiger partial charge in [-0.1, -0.05) is 40.2 Å².